The Morgan fingerprint density at radius 1 is 0.963 bits per heavy atom. The van der Waals surface area contributed by atoms with E-state index < -0.39 is 0 Å². The van der Waals surface area contributed by atoms with Crippen LogP contribution in [0.4, 0.5) is 11.4 Å². The highest BCUT2D eigenvalue weighted by atomic mass is 16.5. The summed E-state index contributed by atoms with van der Waals surface area (Å²) < 4.78 is 5.53. The summed E-state index contributed by atoms with van der Waals surface area (Å²) in [7, 11) is 1.74. The third-order valence-corrected chi connectivity index (χ3v) is 6.05. The van der Waals surface area contributed by atoms with E-state index in [0.29, 0.717) is 6.04 Å². The molecule has 3 aromatic rings. The lowest BCUT2D eigenvalue weighted by atomic mass is 9.90. The van der Waals surface area contributed by atoms with E-state index >= 15 is 0 Å². The second kappa shape index (κ2) is 6.05. The van der Waals surface area contributed by atoms with Crippen LogP contribution < -0.4 is 15.0 Å². The van der Waals surface area contributed by atoms with Gasteiger partial charge in [0.2, 0.25) is 0 Å². The first-order chi connectivity index (χ1) is 13.2. The van der Waals surface area contributed by atoms with Crippen molar-refractivity contribution in [3.63, 3.8) is 0 Å². The number of hydrogen-bond acceptors (Lipinski definition) is 3. The van der Waals surface area contributed by atoms with Gasteiger partial charge in [-0.2, -0.15) is 0 Å². The van der Waals surface area contributed by atoms with Gasteiger partial charge in [0.25, 0.3) is 0 Å². The summed E-state index contributed by atoms with van der Waals surface area (Å²) in [6.07, 6.45) is 1.05. The first-order valence-electron chi connectivity index (χ1n) is 9.54. The van der Waals surface area contributed by atoms with E-state index in [1.54, 1.807) is 7.11 Å². The van der Waals surface area contributed by atoms with Crippen molar-refractivity contribution in [2.75, 3.05) is 17.3 Å². The third-order valence-electron chi connectivity index (χ3n) is 6.05. The topological polar surface area (TPSA) is 24.5 Å². The summed E-state index contributed by atoms with van der Waals surface area (Å²) in [5.41, 5.74) is 5.14. The maximum Gasteiger partial charge on any atom is 0.119 e. The lowest BCUT2D eigenvalue weighted by molar-refractivity contribution is 0.413. The SMILES string of the molecule is COc1ccc2c(c1)[C@H]1N(c3ccccc3)[C@@H](c3ccccc3)C[C@@]1(C)N2. The van der Waals surface area contributed by atoms with E-state index in [1.165, 1.54) is 22.5 Å². The lowest BCUT2D eigenvalue weighted by Crippen LogP contribution is -2.36. The van der Waals surface area contributed by atoms with Crippen LogP contribution in [0.2, 0.25) is 0 Å². The number of methoxy groups -OCH3 is 1. The molecule has 3 aromatic carbocycles. The molecule has 0 saturated carbocycles. The van der Waals surface area contributed by atoms with Crippen LogP contribution in [-0.4, -0.2) is 12.6 Å². The molecule has 0 unspecified atom stereocenters. The molecule has 136 valence electrons. The quantitative estimate of drug-likeness (QED) is 0.664. The number of ether oxygens (including phenoxy) is 1. The van der Waals surface area contributed by atoms with Crippen molar-refractivity contribution in [3.05, 3.63) is 90.0 Å². The molecule has 1 fully saturated rings. The van der Waals surface area contributed by atoms with Gasteiger partial charge in [-0.05, 0) is 49.2 Å². The molecule has 2 aliphatic rings. The summed E-state index contributed by atoms with van der Waals surface area (Å²) in [4.78, 5) is 2.59. The average Bonchev–Trinajstić information content (AvgIpc) is 3.17. The molecule has 3 atom stereocenters. The van der Waals surface area contributed by atoms with Crippen LogP contribution in [0.25, 0.3) is 0 Å². The second-order valence-electron chi connectivity index (χ2n) is 7.77. The van der Waals surface area contributed by atoms with E-state index in [4.69, 9.17) is 4.74 Å². The molecule has 2 heterocycles. The molecule has 5 rings (SSSR count). The Labute approximate surface area is 160 Å². The number of para-hydroxylation sites is 1. The van der Waals surface area contributed by atoms with Gasteiger partial charge in [0.1, 0.15) is 5.75 Å². The Hall–Kier alpha value is -2.94. The van der Waals surface area contributed by atoms with Crippen LogP contribution in [0.1, 0.15) is 36.6 Å². The fourth-order valence-corrected chi connectivity index (χ4v) is 4.91. The third kappa shape index (κ3) is 2.49. The van der Waals surface area contributed by atoms with Crippen LogP contribution in [0.5, 0.6) is 5.75 Å². The van der Waals surface area contributed by atoms with Crippen molar-refractivity contribution in [1.82, 2.24) is 0 Å². The van der Waals surface area contributed by atoms with Crippen molar-refractivity contribution >= 4 is 11.4 Å². The number of nitrogens with one attached hydrogen (secondary N) is 1. The predicted molar refractivity (Wildman–Crippen MR) is 110 cm³/mol. The van der Waals surface area contributed by atoms with Gasteiger partial charge in [-0.1, -0.05) is 48.5 Å². The monoisotopic (exact) mass is 356 g/mol. The Balaban J connectivity index is 1.68. The molecular weight excluding hydrogens is 332 g/mol. The van der Waals surface area contributed by atoms with E-state index in [1.807, 2.05) is 6.07 Å². The highest BCUT2D eigenvalue weighted by Crippen LogP contribution is 2.58. The summed E-state index contributed by atoms with van der Waals surface area (Å²) >= 11 is 0. The zero-order valence-corrected chi connectivity index (χ0v) is 15.7. The van der Waals surface area contributed by atoms with E-state index in [-0.39, 0.29) is 11.6 Å². The Morgan fingerprint density at radius 3 is 2.37 bits per heavy atom. The molecule has 0 aliphatic carbocycles. The molecule has 0 radical (unpaired) electrons. The van der Waals surface area contributed by atoms with E-state index in [0.717, 1.165) is 12.2 Å². The fourth-order valence-electron chi connectivity index (χ4n) is 4.91. The summed E-state index contributed by atoms with van der Waals surface area (Å²) in [6.45, 7) is 2.35. The molecule has 3 heteroatoms. The second-order valence-corrected chi connectivity index (χ2v) is 7.77. The van der Waals surface area contributed by atoms with Gasteiger partial charge in [-0.25, -0.2) is 0 Å². The first kappa shape index (κ1) is 16.2. The summed E-state index contributed by atoms with van der Waals surface area (Å²) in [5, 5.41) is 3.83. The lowest BCUT2D eigenvalue weighted by Gasteiger charge is -2.34. The van der Waals surface area contributed by atoms with Gasteiger partial charge in [-0.3, -0.25) is 0 Å². The van der Waals surface area contributed by atoms with E-state index in [9.17, 15) is 0 Å². The summed E-state index contributed by atoms with van der Waals surface area (Å²) in [6, 6.07) is 28.6. The molecule has 27 heavy (non-hydrogen) atoms. The molecule has 1 N–H and O–H groups in total. The zero-order valence-electron chi connectivity index (χ0n) is 15.7. The molecular formula is C24H24N2O. The number of nitrogens with zero attached hydrogens (tertiary/aromatic N) is 1. The van der Waals surface area contributed by atoms with Crippen molar-refractivity contribution in [2.45, 2.75) is 31.0 Å². The Morgan fingerprint density at radius 2 is 1.67 bits per heavy atom. The number of hydrogen-bond donors (Lipinski definition) is 1. The number of rotatable bonds is 3. The van der Waals surface area contributed by atoms with Crippen LogP contribution >= 0.6 is 0 Å². The van der Waals surface area contributed by atoms with Crippen LogP contribution in [0.15, 0.2) is 78.9 Å². The largest absolute Gasteiger partial charge is 0.497 e. The van der Waals surface area contributed by atoms with Crippen molar-refractivity contribution in [2.24, 2.45) is 0 Å². The van der Waals surface area contributed by atoms with E-state index in [2.05, 4.69) is 89.9 Å². The number of fused-ring (bicyclic) bond motifs is 3. The zero-order chi connectivity index (χ0) is 18.4. The van der Waals surface area contributed by atoms with Gasteiger partial charge in [0.15, 0.2) is 0 Å². The Kier molecular flexibility index (Phi) is 3.64. The molecule has 1 saturated heterocycles. The van der Waals surface area contributed by atoms with Crippen LogP contribution in [0.3, 0.4) is 0 Å². The number of anilines is 2. The van der Waals surface area contributed by atoms with Gasteiger partial charge in [0, 0.05) is 16.9 Å². The van der Waals surface area contributed by atoms with Crippen molar-refractivity contribution in [3.8, 4) is 5.75 Å². The summed E-state index contributed by atoms with van der Waals surface area (Å²) in [5.74, 6) is 0.913. The predicted octanol–water partition coefficient (Wildman–Crippen LogP) is 5.57. The Bertz CT molecular complexity index is 957. The molecule has 3 nitrogen and oxygen atoms in total. The van der Waals surface area contributed by atoms with Gasteiger partial charge >= 0.3 is 0 Å². The van der Waals surface area contributed by atoms with Crippen molar-refractivity contribution in [1.29, 1.82) is 0 Å². The molecule has 0 aromatic heterocycles. The first-order valence-corrected chi connectivity index (χ1v) is 9.54. The maximum atomic E-state index is 5.53. The molecule has 0 amide bonds. The smallest absolute Gasteiger partial charge is 0.119 e. The minimum Gasteiger partial charge on any atom is -0.497 e. The normalized spacial score (nSPS) is 25.6. The fraction of sp³-hybridized carbons (Fsp3) is 0.250. The van der Waals surface area contributed by atoms with Crippen LogP contribution in [-0.2, 0) is 0 Å². The minimum absolute atomic E-state index is 0.0228. The standard InChI is InChI=1S/C24H24N2O/c1-24-16-22(17-9-5-3-6-10-17)26(18-11-7-4-8-12-18)23(24)20-15-19(27-2)13-14-21(20)25-24/h3-15,22-23,25H,16H2,1-2H3/t22-,23-,24-/m1/s1. The van der Waals surface area contributed by atoms with Gasteiger partial charge in [-0.15, -0.1) is 0 Å². The highest BCUT2D eigenvalue weighted by molar-refractivity contribution is 5.69. The molecule has 0 bridgehead atoms. The minimum atomic E-state index is -0.0228. The number of benzene rings is 3. The maximum absolute atomic E-state index is 5.53. The van der Waals surface area contributed by atoms with Crippen LogP contribution in [0, 0.1) is 0 Å². The van der Waals surface area contributed by atoms with Crippen molar-refractivity contribution < 1.29 is 4.74 Å². The average molecular weight is 356 g/mol. The molecule has 0 spiro atoms. The van der Waals surface area contributed by atoms with Gasteiger partial charge in [0.05, 0.1) is 24.7 Å². The van der Waals surface area contributed by atoms with Gasteiger partial charge < -0.3 is 15.0 Å². The highest BCUT2D eigenvalue weighted by Gasteiger charge is 2.54. The molecule has 2 aliphatic heterocycles.